The van der Waals surface area contributed by atoms with Crippen LogP contribution in [0.4, 0.5) is 0 Å². The highest BCUT2D eigenvalue weighted by molar-refractivity contribution is 5.71. The Morgan fingerprint density at radius 1 is 0.400 bits per heavy atom. The van der Waals surface area contributed by atoms with E-state index < -0.39 is 6.29 Å². The molecule has 0 saturated carbocycles. The molecule has 0 aromatic carbocycles. The van der Waals surface area contributed by atoms with Gasteiger partial charge in [0.1, 0.15) is 26.3 Å². The zero-order valence-electron chi connectivity index (χ0n) is 39.9. The van der Waals surface area contributed by atoms with Crippen LogP contribution in [0.25, 0.3) is 0 Å². The molecule has 0 fully saturated rings. The Kier molecular flexibility index (Phi) is 45.2. The van der Waals surface area contributed by atoms with Gasteiger partial charge < -0.3 is 61.9 Å². The lowest BCUT2D eigenvalue weighted by Crippen LogP contribution is -3.00. The van der Waals surface area contributed by atoms with Crippen LogP contribution in [0.2, 0.25) is 0 Å². The summed E-state index contributed by atoms with van der Waals surface area (Å²) in [5.41, 5.74) is 0. The van der Waals surface area contributed by atoms with Crippen LogP contribution < -0.4 is 34.0 Å². The third kappa shape index (κ3) is 46.3. The molecule has 0 aromatic rings. The topological polar surface area (TPSA) is 105 Å². The first-order chi connectivity index (χ1) is 27.8. The minimum absolute atomic E-state index is 0. The molecule has 0 bridgehead atoms. The SMILES string of the molecule is CCCCCCCCCCCCCCCC(OC(=O)CCCCCCCCCCC[N+](C)(C)CCOC(C)=O)OC(=O)CCCCCCC[N+](C)(C)CCOC(C)=O.[Br-].[Br-]. The fourth-order valence-electron chi connectivity index (χ4n) is 7.36. The summed E-state index contributed by atoms with van der Waals surface area (Å²) in [5, 5.41) is 0. The third-order valence-electron chi connectivity index (χ3n) is 11.4. The van der Waals surface area contributed by atoms with E-state index in [1.807, 2.05) is 0 Å². The molecule has 0 heterocycles. The average molecular weight is 987 g/mol. The van der Waals surface area contributed by atoms with E-state index in [0.29, 0.717) is 32.5 Å². The Hall–Kier alpha value is -1.24. The first-order valence-corrected chi connectivity index (χ1v) is 24.1. The number of rotatable bonds is 42. The highest BCUT2D eigenvalue weighted by Gasteiger charge is 2.20. The zero-order chi connectivity index (χ0) is 43.2. The number of carbonyl (C=O) groups excluding carboxylic acids is 4. The van der Waals surface area contributed by atoms with Crippen LogP contribution in [0, 0.1) is 0 Å². The molecule has 0 saturated heterocycles. The van der Waals surface area contributed by atoms with Gasteiger partial charge in [0.25, 0.3) is 0 Å². The molecular weight excluding hydrogens is 892 g/mol. The lowest BCUT2D eigenvalue weighted by Gasteiger charge is -2.29. The van der Waals surface area contributed by atoms with Crippen LogP contribution in [-0.4, -0.2) is 107 Å². The maximum absolute atomic E-state index is 12.8. The molecule has 1 unspecified atom stereocenters. The van der Waals surface area contributed by atoms with Gasteiger partial charge in [-0.05, 0) is 44.9 Å². The largest absolute Gasteiger partial charge is 1.00 e. The minimum atomic E-state index is -0.780. The molecule has 0 aliphatic carbocycles. The van der Waals surface area contributed by atoms with Crippen molar-refractivity contribution in [2.75, 3.05) is 67.6 Å². The minimum Gasteiger partial charge on any atom is -1.00 e. The van der Waals surface area contributed by atoms with Gasteiger partial charge in [-0.15, -0.1) is 0 Å². The fourth-order valence-corrected chi connectivity index (χ4v) is 7.36. The van der Waals surface area contributed by atoms with Crippen molar-refractivity contribution in [2.45, 2.75) is 220 Å². The number of unbranched alkanes of at least 4 members (excludes halogenated alkanes) is 24. The number of esters is 4. The Morgan fingerprint density at radius 3 is 1.00 bits per heavy atom. The summed E-state index contributed by atoms with van der Waals surface area (Å²) >= 11 is 0. The fraction of sp³-hybridized carbons (Fsp3) is 0.917. The number of hydrogen-bond acceptors (Lipinski definition) is 8. The molecular formula is C48H94Br2N2O8. The van der Waals surface area contributed by atoms with E-state index in [2.05, 4.69) is 35.1 Å². The zero-order valence-corrected chi connectivity index (χ0v) is 43.1. The first-order valence-electron chi connectivity index (χ1n) is 24.1. The predicted molar refractivity (Wildman–Crippen MR) is 237 cm³/mol. The van der Waals surface area contributed by atoms with Crippen LogP contribution in [0.3, 0.4) is 0 Å². The summed E-state index contributed by atoms with van der Waals surface area (Å²) in [5.74, 6) is -0.961. The van der Waals surface area contributed by atoms with Crippen LogP contribution in [0.1, 0.15) is 213 Å². The van der Waals surface area contributed by atoms with Crippen molar-refractivity contribution in [3.8, 4) is 0 Å². The average Bonchev–Trinajstić information content (AvgIpc) is 3.14. The van der Waals surface area contributed by atoms with E-state index >= 15 is 0 Å². The Morgan fingerprint density at radius 2 is 0.683 bits per heavy atom. The van der Waals surface area contributed by atoms with E-state index in [-0.39, 0.29) is 57.8 Å². The van der Waals surface area contributed by atoms with E-state index in [4.69, 9.17) is 18.9 Å². The molecule has 0 aromatic heterocycles. The molecule has 1 atom stereocenters. The predicted octanol–water partition coefficient (Wildman–Crippen LogP) is 5.41. The molecule has 358 valence electrons. The Bertz CT molecular complexity index is 1030. The Balaban J connectivity index is -0.0000162. The number of quaternary nitrogens is 2. The van der Waals surface area contributed by atoms with Crippen molar-refractivity contribution < 1.29 is 81.1 Å². The van der Waals surface area contributed by atoms with E-state index in [0.717, 1.165) is 99.4 Å². The standard InChI is InChI=1S/C48H94N2O8.2BrH/c1-8-9-10-11-12-13-14-15-16-19-22-27-32-37-48(58-47(54)36-31-26-24-29-34-39-50(6,7)41-43-56-45(3)52)57-46(53)35-30-25-21-18-17-20-23-28-33-38-49(4,5)40-42-55-44(2)51;;/h48H,8-43H2,1-7H3;2*1H/q+2;;/p-2. The smallest absolute Gasteiger partial charge is 0.308 e. The van der Waals surface area contributed by atoms with Gasteiger partial charge >= 0.3 is 23.9 Å². The first kappa shape index (κ1) is 63.1. The summed E-state index contributed by atoms with van der Waals surface area (Å²) in [6, 6.07) is 0. The van der Waals surface area contributed by atoms with Crippen LogP contribution in [0.5, 0.6) is 0 Å². The molecule has 0 amide bonds. The summed E-state index contributed by atoms with van der Waals surface area (Å²) in [6.07, 6.45) is 32.3. The van der Waals surface area contributed by atoms with Crippen molar-refractivity contribution in [3.05, 3.63) is 0 Å². The van der Waals surface area contributed by atoms with Gasteiger partial charge in [0, 0.05) is 33.1 Å². The maximum Gasteiger partial charge on any atom is 0.308 e. The summed E-state index contributed by atoms with van der Waals surface area (Å²) in [4.78, 5) is 47.7. The van der Waals surface area contributed by atoms with Gasteiger partial charge in [0.2, 0.25) is 6.29 Å². The molecule has 12 heteroatoms. The van der Waals surface area contributed by atoms with Crippen molar-refractivity contribution in [2.24, 2.45) is 0 Å². The number of ether oxygens (including phenoxy) is 4. The van der Waals surface area contributed by atoms with Gasteiger partial charge in [-0.2, -0.15) is 0 Å². The number of carbonyl (C=O) groups is 4. The van der Waals surface area contributed by atoms with Crippen molar-refractivity contribution in [1.82, 2.24) is 0 Å². The summed E-state index contributed by atoms with van der Waals surface area (Å²) in [7, 11) is 8.71. The molecule has 10 nitrogen and oxygen atoms in total. The molecule has 0 N–H and O–H groups in total. The Labute approximate surface area is 390 Å². The third-order valence-corrected chi connectivity index (χ3v) is 11.4. The number of halogens is 2. The van der Waals surface area contributed by atoms with E-state index in [1.54, 1.807) is 0 Å². The monoisotopic (exact) mass is 985 g/mol. The number of likely N-dealkylation sites (N-methyl/N-ethyl adjacent to an activating group) is 2. The summed E-state index contributed by atoms with van der Waals surface area (Å²) < 4.78 is 23.4. The van der Waals surface area contributed by atoms with Gasteiger partial charge in [0.05, 0.1) is 41.3 Å². The molecule has 60 heavy (non-hydrogen) atoms. The van der Waals surface area contributed by atoms with Crippen molar-refractivity contribution in [1.29, 1.82) is 0 Å². The molecule has 0 aliphatic heterocycles. The molecule has 0 rings (SSSR count). The lowest BCUT2D eigenvalue weighted by molar-refractivity contribution is -0.890. The van der Waals surface area contributed by atoms with Crippen LogP contribution >= 0.6 is 0 Å². The lowest BCUT2D eigenvalue weighted by atomic mass is 10.0. The second-order valence-electron chi connectivity index (χ2n) is 18.3. The van der Waals surface area contributed by atoms with Gasteiger partial charge in [-0.3, -0.25) is 19.2 Å². The van der Waals surface area contributed by atoms with Gasteiger partial charge in [0.15, 0.2) is 0 Å². The second-order valence-corrected chi connectivity index (χ2v) is 18.3. The number of nitrogens with zero attached hydrogens (tertiary/aromatic N) is 2. The van der Waals surface area contributed by atoms with Crippen LogP contribution in [-0.2, 0) is 38.1 Å². The van der Waals surface area contributed by atoms with Gasteiger partial charge in [-0.25, -0.2) is 0 Å². The molecule has 0 spiro atoms. The van der Waals surface area contributed by atoms with Crippen molar-refractivity contribution >= 4 is 23.9 Å². The number of hydrogen-bond donors (Lipinski definition) is 0. The van der Waals surface area contributed by atoms with Crippen molar-refractivity contribution in [3.63, 3.8) is 0 Å². The normalized spacial score (nSPS) is 11.9. The maximum atomic E-state index is 12.8. The summed E-state index contributed by atoms with van der Waals surface area (Å²) in [6.45, 7) is 9.88. The van der Waals surface area contributed by atoms with Crippen LogP contribution in [0.15, 0.2) is 0 Å². The quantitative estimate of drug-likeness (QED) is 0.0263. The van der Waals surface area contributed by atoms with E-state index in [1.165, 1.54) is 123 Å². The van der Waals surface area contributed by atoms with E-state index in [9.17, 15) is 19.2 Å². The highest BCUT2D eigenvalue weighted by Crippen LogP contribution is 2.18. The highest BCUT2D eigenvalue weighted by atomic mass is 79.9. The van der Waals surface area contributed by atoms with Gasteiger partial charge in [-0.1, -0.05) is 135 Å². The molecule has 0 aliphatic rings. The second kappa shape index (κ2) is 43.0. The molecule has 0 radical (unpaired) electrons.